The van der Waals surface area contributed by atoms with E-state index in [9.17, 15) is 18.3 Å². The van der Waals surface area contributed by atoms with Gasteiger partial charge in [-0.3, -0.25) is 5.32 Å². The summed E-state index contributed by atoms with van der Waals surface area (Å²) in [4.78, 5) is 0. The lowest BCUT2D eigenvalue weighted by Gasteiger charge is -2.34. The molecule has 0 aliphatic carbocycles. The van der Waals surface area contributed by atoms with Crippen molar-refractivity contribution in [2.24, 2.45) is 0 Å². The van der Waals surface area contributed by atoms with E-state index in [0.29, 0.717) is 6.54 Å². The van der Waals surface area contributed by atoms with E-state index < -0.39 is 12.6 Å². The molecular weight excluding hydrogens is 383 g/mol. The fourth-order valence-corrected chi connectivity index (χ4v) is 3.82. The third-order valence-electron chi connectivity index (χ3n) is 5.03. The zero-order valence-corrected chi connectivity index (χ0v) is 15.4. The summed E-state index contributed by atoms with van der Waals surface area (Å²) in [6.45, 7) is 0.703. The Kier molecular flexibility index (Phi) is 5.24. The average Bonchev–Trinajstić information content (AvgIpc) is 2.68. The largest absolute Gasteiger partial charge is 0.573 e. The SMILES string of the molecule is Oc1ccc2c(C3CCCNC3Oc3ccccc3OC(F)(F)F)cccc2c1. The standard InChI is InChI=1S/C22H20F3NO3/c23-22(24,25)29-20-9-2-1-8-19(20)28-21-18(7-4-12-26-21)17-6-3-5-14-13-15(27)10-11-16(14)17/h1-3,5-6,8-11,13,18,21,26-27H,4,7,12H2. The second-order valence-corrected chi connectivity index (χ2v) is 6.99. The summed E-state index contributed by atoms with van der Waals surface area (Å²) >= 11 is 0. The number of piperidine rings is 1. The van der Waals surface area contributed by atoms with E-state index in [4.69, 9.17) is 4.74 Å². The molecule has 1 saturated heterocycles. The minimum absolute atomic E-state index is 0.0344. The summed E-state index contributed by atoms with van der Waals surface area (Å²) in [6, 6.07) is 16.8. The van der Waals surface area contributed by atoms with E-state index in [1.54, 1.807) is 18.2 Å². The van der Waals surface area contributed by atoms with Crippen molar-refractivity contribution in [3.63, 3.8) is 0 Å². The van der Waals surface area contributed by atoms with Gasteiger partial charge in [-0.05, 0) is 60.0 Å². The Hall–Kier alpha value is -2.93. The third kappa shape index (κ3) is 4.40. The number of fused-ring (bicyclic) bond motifs is 1. The number of hydrogen-bond donors (Lipinski definition) is 2. The van der Waals surface area contributed by atoms with Gasteiger partial charge in [0.05, 0.1) is 0 Å². The number of alkyl halides is 3. The van der Waals surface area contributed by atoms with Crippen LogP contribution >= 0.6 is 0 Å². The van der Waals surface area contributed by atoms with Gasteiger partial charge in [-0.2, -0.15) is 0 Å². The van der Waals surface area contributed by atoms with Gasteiger partial charge in [-0.15, -0.1) is 13.2 Å². The van der Waals surface area contributed by atoms with Crippen LogP contribution in [0, 0.1) is 0 Å². The van der Waals surface area contributed by atoms with Crippen LogP contribution in [0.2, 0.25) is 0 Å². The Morgan fingerprint density at radius 3 is 2.55 bits per heavy atom. The maximum absolute atomic E-state index is 12.7. The first-order chi connectivity index (χ1) is 13.9. The molecule has 1 fully saturated rings. The summed E-state index contributed by atoms with van der Waals surface area (Å²) in [7, 11) is 0. The lowest BCUT2D eigenvalue weighted by molar-refractivity contribution is -0.275. The van der Waals surface area contributed by atoms with Crippen LogP contribution in [0.3, 0.4) is 0 Å². The van der Waals surface area contributed by atoms with Crippen LogP contribution < -0.4 is 14.8 Å². The number of phenols is 1. The summed E-state index contributed by atoms with van der Waals surface area (Å²) in [6.07, 6.45) is -3.57. The lowest BCUT2D eigenvalue weighted by atomic mass is 9.86. The highest BCUT2D eigenvalue weighted by Gasteiger charge is 2.34. The molecule has 0 saturated carbocycles. The van der Waals surface area contributed by atoms with Gasteiger partial charge in [0.25, 0.3) is 0 Å². The van der Waals surface area contributed by atoms with Crippen molar-refractivity contribution in [3.05, 3.63) is 66.2 Å². The molecule has 152 valence electrons. The van der Waals surface area contributed by atoms with Crippen LogP contribution in [0.5, 0.6) is 17.2 Å². The van der Waals surface area contributed by atoms with Gasteiger partial charge in [0, 0.05) is 5.92 Å². The van der Waals surface area contributed by atoms with Crippen LogP contribution in [0.1, 0.15) is 24.3 Å². The highest BCUT2D eigenvalue weighted by atomic mass is 19.4. The first-order valence-corrected chi connectivity index (χ1v) is 9.37. The number of halogens is 3. The molecule has 0 aromatic heterocycles. The number of ether oxygens (including phenoxy) is 2. The number of benzene rings is 3. The van der Waals surface area contributed by atoms with Crippen LogP contribution in [0.15, 0.2) is 60.7 Å². The Labute approximate surface area is 165 Å². The number of hydrogen-bond acceptors (Lipinski definition) is 4. The molecule has 1 aliphatic rings. The molecule has 2 atom stereocenters. The highest BCUT2D eigenvalue weighted by Crippen LogP contribution is 2.38. The van der Waals surface area contributed by atoms with Gasteiger partial charge in [0.1, 0.15) is 5.75 Å². The normalized spacial score (nSPS) is 19.8. The van der Waals surface area contributed by atoms with Crippen molar-refractivity contribution in [2.75, 3.05) is 6.54 Å². The maximum atomic E-state index is 12.7. The van der Waals surface area contributed by atoms with Crippen molar-refractivity contribution >= 4 is 10.8 Å². The zero-order valence-electron chi connectivity index (χ0n) is 15.4. The van der Waals surface area contributed by atoms with E-state index >= 15 is 0 Å². The maximum Gasteiger partial charge on any atom is 0.573 e. The van der Waals surface area contributed by atoms with Crippen molar-refractivity contribution in [3.8, 4) is 17.2 Å². The summed E-state index contributed by atoms with van der Waals surface area (Å²) < 4.78 is 48.3. The molecule has 3 aromatic rings. The quantitative estimate of drug-likeness (QED) is 0.619. The second kappa shape index (κ2) is 7.83. The van der Waals surface area contributed by atoms with E-state index in [0.717, 1.165) is 29.2 Å². The van der Waals surface area contributed by atoms with Crippen LogP contribution in [-0.4, -0.2) is 24.2 Å². The molecule has 4 nitrogen and oxygen atoms in total. The average molecular weight is 403 g/mol. The summed E-state index contributed by atoms with van der Waals surface area (Å²) in [5.41, 5.74) is 1.02. The van der Waals surface area contributed by atoms with E-state index in [1.807, 2.05) is 24.3 Å². The molecule has 7 heteroatoms. The van der Waals surface area contributed by atoms with Crippen molar-refractivity contribution < 1.29 is 27.8 Å². The molecule has 4 rings (SSSR count). The molecule has 29 heavy (non-hydrogen) atoms. The molecule has 3 aromatic carbocycles. The number of phenolic OH excluding ortho intramolecular Hbond substituents is 1. The molecule has 1 aliphatic heterocycles. The van der Waals surface area contributed by atoms with Crippen LogP contribution in [0.4, 0.5) is 13.2 Å². The Morgan fingerprint density at radius 1 is 0.966 bits per heavy atom. The number of aromatic hydroxyl groups is 1. The number of para-hydroxylation sites is 2. The van der Waals surface area contributed by atoms with E-state index in [2.05, 4.69) is 10.1 Å². The van der Waals surface area contributed by atoms with Crippen molar-refractivity contribution in [1.29, 1.82) is 0 Å². The lowest BCUT2D eigenvalue weighted by Crippen LogP contribution is -2.44. The molecular formula is C22H20F3NO3. The van der Waals surface area contributed by atoms with Gasteiger partial charge in [0.2, 0.25) is 0 Å². The van der Waals surface area contributed by atoms with Crippen LogP contribution in [-0.2, 0) is 0 Å². The van der Waals surface area contributed by atoms with E-state index in [-0.39, 0.29) is 23.2 Å². The van der Waals surface area contributed by atoms with Gasteiger partial charge >= 0.3 is 6.36 Å². The second-order valence-electron chi connectivity index (χ2n) is 6.99. The topological polar surface area (TPSA) is 50.7 Å². The molecule has 0 bridgehead atoms. The third-order valence-corrected chi connectivity index (χ3v) is 5.03. The number of rotatable bonds is 4. The zero-order chi connectivity index (χ0) is 20.4. The summed E-state index contributed by atoms with van der Waals surface area (Å²) in [5, 5.41) is 14.9. The fourth-order valence-electron chi connectivity index (χ4n) is 3.82. The predicted molar refractivity (Wildman–Crippen MR) is 103 cm³/mol. The van der Waals surface area contributed by atoms with Gasteiger partial charge in [-0.25, -0.2) is 0 Å². The highest BCUT2D eigenvalue weighted by molar-refractivity contribution is 5.87. The molecule has 2 N–H and O–H groups in total. The van der Waals surface area contributed by atoms with Gasteiger partial charge in [0.15, 0.2) is 17.7 Å². The predicted octanol–water partition coefficient (Wildman–Crippen LogP) is 5.32. The Bertz CT molecular complexity index is 1010. The van der Waals surface area contributed by atoms with Crippen molar-refractivity contribution in [1.82, 2.24) is 5.32 Å². The summed E-state index contributed by atoms with van der Waals surface area (Å²) in [5.74, 6) is -0.223. The Morgan fingerprint density at radius 2 is 1.76 bits per heavy atom. The first kappa shape index (κ1) is 19.4. The van der Waals surface area contributed by atoms with Gasteiger partial charge in [-0.1, -0.05) is 36.4 Å². The smallest absolute Gasteiger partial charge is 0.508 e. The van der Waals surface area contributed by atoms with Crippen LogP contribution in [0.25, 0.3) is 10.8 Å². The fraction of sp³-hybridized carbons (Fsp3) is 0.273. The first-order valence-electron chi connectivity index (χ1n) is 9.37. The number of nitrogens with one attached hydrogen (secondary N) is 1. The minimum atomic E-state index is -4.80. The van der Waals surface area contributed by atoms with Gasteiger partial charge < -0.3 is 14.6 Å². The molecule has 0 amide bonds. The molecule has 2 unspecified atom stereocenters. The van der Waals surface area contributed by atoms with Crippen molar-refractivity contribution in [2.45, 2.75) is 31.3 Å². The minimum Gasteiger partial charge on any atom is -0.508 e. The molecule has 1 heterocycles. The molecule has 0 radical (unpaired) electrons. The Balaban J connectivity index is 1.67. The van der Waals surface area contributed by atoms with E-state index in [1.165, 1.54) is 18.2 Å². The molecule has 0 spiro atoms. The monoisotopic (exact) mass is 403 g/mol.